The highest BCUT2D eigenvalue weighted by Crippen LogP contribution is 2.18. The Morgan fingerprint density at radius 1 is 1.53 bits per heavy atom. The second-order valence-electron chi connectivity index (χ2n) is 4.00. The van der Waals surface area contributed by atoms with Crippen LogP contribution < -0.4 is 4.72 Å². The van der Waals surface area contributed by atoms with Crippen LogP contribution in [-0.2, 0) is 26.6 Å². The molecule has 0 aromatic carbocycles. The molecule has 0 unspecified atom stereocenters. The monoisotopic (exact) mass is 291 g/mol. The third-order valence-corrected chi connectivity index (χ3v) is 4.40. The first kappa shape index (κ1) is 15.6. The lowest BCUT2D eigenvalue weighted by Gasteiger charge is -2.14. The van der Waals surface area contributed by atoms with Crippen LogP contribution in [0.4, 0.5) is 0 Å². The number of aliphatic hydroxyl groups excluding tert-OH is 1. The SMILES string of the molecule is COC(=O)[C@H](CO)NS(=O)(=O)c1c(C)nn(C)c1C. The van der Waals surface area contributed by atoms with E-state index in [4.69, 9.17) is 5.11 Å². The number of aliphatic hydroxyl groups is 1. The maximum atomic E-state index is 12.2. The molecule has 0 saturated carbocycles. The number of esters is 1. The number of carbonyl (C=O) groups is 1. The van der Waals surface area contributed by atoms with Gasteiger partial charge in [-0.2, -0.15) is 9.82 Å². The normalized spacial score (nSPS) is 13.3. The minimum atomic E-state index is -3.96. The molecule has 0 radical (unpaired) electrons. The molecule has 0 bridgehead atoms. The van der Waals surface area contributed by atoms with Gasteiger partial charge in [-0.3, -0.25) is 9.48 Å². The Bertz CT molecular complexity index is 578. The molecule has 19 heavy (non-hydrogen) atoms. The van der Waals surface area contributed by atoms with Gasteiger partial charge in [0.05, 0.1) is 25.1 Å². The topological polar surface area (TPSA) is 111 Å². The summed E-state index contributed by atoms with van der Waals surface area (Å²) in [6.07, 6.45) is 0. The van der Waals surface area contributed by atoms with Crippen LogP contribution in [0.3, 0.4) is 0 Å². The van der Waals surface area contributed by atoms with Crippen LogP contribution in [0, 0.1) is 13.8 Å². The van der Waals surface area contributed by atoms with Crippen molar-refractivity contribution < 1.29 is 23.1 Å². The molecular formula is C10H17N3O5S. The zero-order chi connectivity index (χ0) is 14.8. The van der Waals surface area contributed by atoms with Crippen molar-refractivity contribution in [1.29, 1.82) is 0 Å². The summed E-state index contributed by atoms with van der Waals surface area (Å²) in [5, 5.41) is 13.0. The van der Waals surface area contributed by atoms with Crippen molar-refractivity contribution in [3.8, 4) is 0 Å². The highest BCUT2D eigenvalue weighted by atomic mass is 32.2. The molecule has 1 atom stereocenters. The van der Waals surface area contributed by atoms with E-state index in [1.54, 1.807) is 20.9 Å². The van der Waals surface area contributed by atoms with E-state index in [9.17, 15) is 13.2 Å². The largest absolute Gasteiger partial charge is 0.468 e. The molecule has 0 saturated heterocycles. The van der Waals surface area contributed by atoms with Crippen LogP contribution in [0.25, 0.3) is 0 Å². The Morgan fingerprint density at radius 3 is 2.47 bits per heavy atom. The lowest BCUT2D eigenvalue weighted by atomic mass is 10.3. The number of aromatic nitrogens is 2. The van der Waals surface area contributed by atoms with E-state index in [1.165, 1.54) is 4.68 Å². The van der Waals surface area contributed by atoms with Gasteiger partial charge in [0.2, 0.25) is 10.0 Å². The fourth-order valence-electron chi connectivity index (χ4n) is 1.69. The number of ether oxygens (including phenoxy) is 1. The smallest absolute Gasteiger partial charge is 0.326 e. The molecule has 1 aromatic heterocycles. The molecule has 0 aliphatic carbocycles. The van der Waals surface area contributed by atoms with E-state index < -0.39 is 28.6 Å². The number of methoxy groups -OCH3 is 1. The van der Waals surface area contributed by atoms with Gasteiger partial charge < -0.3 is 9.84 Å². The zero-order valence-electron chi connectivity index (χ0n) is 11.2. The number of rotatable bonds is 5. The minimum absolute atomic E-state index is 0.00245. The molecule has 1 heterocycles. The first-order chi connectivity index (χ1) is 8.74. The molecule has 8 nitrogen and oxygen atoms in total. The summed E-state index contributed by atoms with van der Waals surface area (Å²) in [6.45, 7) is 2.46. The summed E-state index contributed by atoms with van der Waals surface area (Å²) in [6, 6.07) is -1.34. The highest BCUT2D eigenvalue weighted by Gasteiger charge is 2.29. The molecule has 1 aromatic rings. The molecule has 2 N–H and O–H groups in total. The van der Waals surface area contributed by atoms with Gasteiger partial charge in [-0.25, -0.2) is 8.42 Å². The highest BCUT2D eigenvalue weighted by molar-refractivity contribution is 7.89. The average molecular weight is 291 g/mol. The molecule has 0 aliphatic heterocycles. The van der Waals surface area contributed by atoms with Crippen LogP contribution >= 0.6 is 0 Å². The van der Waals surface area contributed by atoms with E-state index in [0.29, 0.717) is 11.4 Å². The van der Waals surface area contributed by atoms with Crippen molar-refractivity contribution in [2.75, 3.05) is 13.7 Å². The fraction of sp³-hybridized carbons (Fsp3) is 0.600. The van der Waals surface area contributed by atoms with Crippen molar-refractivity contribution in [2.24, 2.45) is 7.05 Å². The van der Waals surface area contributed by atoms with Crippen LogP contribution in [0.15, 0.2) is 4.90 Å². The summed E-state index contributed by atoms with van der Waals surface area (Å²) in [4.78, 5) is 11.3. The lowest BCUT2D eigenvalue weighted by Crippen LogP contribution is -2.44. The van der Waals surface area contributed by atoms with Crippen molar-refractivity contribution in [3.63, 3.8) is 0 Å². The van der Waals surface area contributed by atoms with Gasteiger partial charge in [-0.15, -0.1) is 0 Å². The third-order valence-electron chi connectivity index (χ3n) is 2.68. The molecule has 0 aliphatic rings. The number of aryl methyl sites for hydroxylation is 2. The Balaban J connectivity index is 3.14. The predicted molar refractivity (Wildman–Crippen MR) is 65.9 cm³/mol. The molecule has 9 heteroatoms. The molecule has 1 rings (SSSR count). The average Bonchev–Trinajstić information content (AvgIpc) is 2.59. The van der Waals surface area contributed by atoms with E-state index in [0.717, 1.165) is 7.11 Å². The van der Waals surface area contributed by atoms with Crippen LogP contribution in [0.1, 0.15) is 11.4 Å². The Labute approximate surface area is 111 Å². The number of hydrogen-bond donors (Lipinski definition) is 2. The van der Waals surface area contributed by atoms with E-state index in [-0.39, 0.29) is 4.90 Å². The summed E-state index contributed by atoms with van der Waals surface area (Å²) in [7, 11) is -1.23. The molecular weight excluding hydrogens is 274 g/mol. The second kappa shape index (κ2) is 5.68. The van der Waals surface area contributed by atoms with Crippen molar-refractivity contribution in [3.05, 3.63) is 11.4 Å². The van der Waals surface area contributed by atoms with E-state index >= 15 is 0 Å². The first-order valence-corrected chi connectivity index (χ1v) is 6.94. The van der Waals surface area contributed by atoms with Crippen molar-refractivity contribution >= 4 is 16.0 Å². The molecule has 108 valence electrons. The zero-order valence-corrected chi connectivity index (χ0v) is 12.0. The lowest BCUT2D eigenvalue weighted by molar-refractivity contribution is -0.143. The maximum Gasteiger partial charge on any atom is 0.326 e. The van der Waals surface area contributed by atoms with Gasteiger partial charge in [0, 0.05) is 7.05 Å². The van der Waals surface area contributed by atoms with Gasteiger partial charge in [0.1, 0.15) is 10.9 Å². The van der Waals surface area contributed by atoms with Gasteiger partial charge in [-0.05, 0) is 13.8 Å². The van der Waals surface area contributed by atoms with Crippen LogP contribution in [0.2, 0.25) is 0 Å². The Kier molecular flexibility index (Phi) is 4.66. The first-order valence-electron chi connectivity index (χ1n) is 5.45. The van der Waals surface area contributed by atoms with Crippen molar-refractivity contribution in [1.82, 2.24) is 14.5 Å². The van der Waals surface area contributed by atoms with Crippen molar-refractivity contribution in [2.45, 2.75) is 24.8 Å². The number of nitrogens with zero attached hydrogens (tertiary/aromatic N) is 2. The summed E-state index contributed by atoms with van der Waals surface area (Å²) in [5.41, 5.74) is 0.751. The summed E-state index contributed by atoms with van der Waals surface area (Å²) >= 11 is 0. The van der Waals surface area contributed by atoms with Crippen LogP contribution in [0.5, 0.6) is 0 Å². The molecule has 0 spiro atoms. The Hall–Kier alpha value is -1.45. The summed E-state index contributed by atoms with van der Waals surface area (Å²) < 4.78 is 32.3. The molecule has 0 fully saturated rings. The standard InChI is InChI=1S/C10H17N3O5S/c1-6-9(7(2)13(3)11-6)19(16,17)12-8(5-14)10(15)18-4/h8,12,14H,5H2,1-4H3/t8-/m0/s1. The minimum Gasteiger partial charge on any atom is -0.468 e. The maximum absolute atomic E-state index is 12.2. The molecule has 0 amide bonds. The van der Waals surface area contributed by atoms with E-state index in [2.05, 4.69) is 14.6 Å². The Morgan fingerprint density at radius 2 is 2.11 bits per heavy atom. The van der Waals surface area contributed by atoms with Crippen LogP contribution in [-0.4, -0.2) is 49.0 Å². The number of sulfonamides is 1. The van der Waals surface area contributed by atoms with E-state index in [1.807, 2.05) is 0 Å². The third kappa shape index (κ3) is 3.11. The number of nitrogens with one attached hydrogen (secondary N) is 1. The quantitative estimate of drug-likeness (QED) is 0.663. The second-order valence-corrected chi connectivity index (χ2v) is 5.65. The van der Waals surface area contributed by atoms with Gasteiger partial charge in [0.15, 0.2) is 0 Å². The van der Waals surface area contributed by atoms with Gasteiger partial charge >= 0.3 is 5.97 Å². The number of carbonyl (C=O) groups excluding carboxylic acids is 1. The summed E-state index contributed by atoms with van der Waals surface area (Å²) in [5.74, 6) is -0.856. The fourth-order valence-corrected chi connectivity index (χ4v) is 3.31. The van der Waals surface area contributed by atoms with Gasteiger partial charge in [-0.1, -0.05) is 0 Å². The van der Waals surface area contributed by atoms with Gasteiger partial charge in [0.25, 0.3) is 0 Å². The predicted octanol–water partition coefficient (Wildman–Crippen LogP) is -1.15. The number of hydrogen-bond acceptors (Lipinski definition) is 6.